The Kier molecular flexibility index (Phi) is 3.19. The van der Waals surface area contributed by atoms with Gasteiger partial charge >= 0.3 is 5.97 Å². The lowest BCUT2D eigenvalue weighted by Crippen LogP contribution is -2.29. The number of aromatic nitrogens is 1. The molecule has 0 saturated carbocycles. The van der Waals surface area contributed by atoms with Crippen molar-refractivity contribution >= 4 is 23.4 Å². The minimum atomic E-state index is -1.12. The molecule has 14 heavy (non-hydrogen) atoms. The van der Waals surface area contributed by atoms with Gasteiger partial charge in [-0.25, -0.2) is 4.79 Å². The first kappa shape index (κ1) is 10.6. The molecule has 5 nitrogen and oxygen atoms in total. The van der Waals surface area contributed by atoms with Crippen molar-refractivity contribution in [3.05, 3.63) is 16.6 Å². The zero-order valence-electron chi connectivity index (χ0n) is 7.77. The lowest BCUT2D eigenvalue weighted by Gasteiger charge is -2.04. The van der Waals surface area contributed by atoms with Gasteiger partial charge in [0.05, 0.1) is 0 Å². The van der Waals surface area contributed by atoms with Crippen LogP contribution >= 0.6 is 11.5 Å². The van der Waals surface area contributed by atoms with Gasteiger partial charge < -0.3 is 10.4 Å². The molecule has 0 aliphatic carbocycles. The normalized spacial score (nSPS) is 10.2. The van der Waals surface area contributed by atoms with Crippen LogP contribution in [0.25, 0.3) is 0 Å². The van der Waals surface area contributed by atoms with E-state index >= 15 is 0 Å². The number of nitrogens with zero attached hydrogens (tertiary/aromatic N) is 1. The number of carboxylic acid groups (broad SMARTS) is 1. The molecule has 0 fully saturated rings. The van der Waals surface area contributed by atoms with Crippen molar-refractivity contribution in [3.8, 4) is 0 Å². The van der Waals surface area contributed by atoms with Crippen LogP contribution in [0.3, 0.4) is 0 Å². The van der Waals surface area contributed by atoms with Crippen molar-refractivity contribution in [2.75, 3.05) is 0 Å². The molecule has 0 unspecified atom stereocenters. The van der Waals surface area contributed by atoms with Crippen LogP contribution in [0.5, 0.6) is 0 Å². The third-order valence-corrected chi connectivity index (χ3v) is 2.16. The van der Waals surface area contributed by atoms with E-state index in [0.29, 0.717) is 4.88 Å². The van der Waals surface area contributed by atoms with Crippen LogP contribution < -0.4 is 5.32 Å². The first-order valence-electron chi connectivity index (χ1n) is 4.01. The fourth-order valence-electron chi connectivity index (χ4n) is 0.816. The van der Waals surface area contributed by atoms with E-state index < -0.39 is 5.97 Å². The van der Waals surface area contributed by atoms with Crippen molar-refractivity contribution in [1.29, 1.82) is 0 Å². The fraction of sp³-hybridized carbons (Fsp3) is 0.375. The number of rotatable bonds is 3. The highest BCUT2D eigenvalue weighted by atomic mass is 32.1. The summed E-state index contributed by atoms with van der Waals surface area (Å²) in [6, 6.07) is 1.29. The summed E-state index contributed by atoms with van der Waals surface area (Å²) >= 11 is 0.885. The molecule has 0 atom stereocenters. The third-order valence-electron chi connectivity index (χ3n) is 1.37. The number of carbonyl (C=O) groups is 2. The van der Waals surface area contributed by atoms with Crippen molar-refractivity contribution in [2.24, 2.45) is 0 Å². The van der Waals surface area contributed by atoms with Crippen molar-refractivity contribution < 1.29 is 14.7 Å². The van der Waals surface area contributed by atoms with Crippen LogP contribution in [0.15, 0.2) is 6.07 Å². The molecule has 0 aliphatic rings. The second-order valence-corrected chi connectivity index (χ2v) is 3.81. The average Bonchev–Trinajstić information content (AvgIpc) is 2.50. The molecule has 0 radical (unpaired) electrons. The highest BCUT2D eigenvalue weighted by Gasteiger charge is 2.14. The van der Waals surface area contributed by atoms with E-state index in [2.05, 4.69) is 9.69 Å². The molecule has 0 saturated heterocycles. The smallest absolute Gasteiger partial charge is 0.355 e. The monoisotopic (exact) mass is 214 g/mol. The predicted molar refractivity (Wildman–Crippen MR) is 51.7 cm³/mol. The van der Waals surface area contributed by atoms with E-state index in [0.717, 1.165) is 11.5 Å². The number of carboxylic acids is 1. The minimum Gasteiger partial charge on any atom is -0.476 e. The van der Waals surface area contributed by atoms with E-state index in [9.17, 15) is 9.59 Å². The molecule has 76 valence electrons. The molecule has 0 spiro atoms. The Bertz CT molecular complexity index is 359. The summed E-state index contributed by atoms with van der Waals surface area (Å²) in [6.07, 6.45) is 0. The summed E-state index contributed by atoms with van der Waals surface area (Å²) in [5.74, 6) is -1.41. The molecule has 1 amide bonds. The molecule has 6 heteroatoms. The van der Waals surface area contributed by atoms with Gasteiger partial charge in [-0.15, -0.1) is 0 Å². The van der Waals surface area contributed by atoms with Gasteiger partial charge in [-0.05, 0) is 31.4 Å². The van der Waals surface area contributed by atoms with E-state index in [1.54, 1.807) is 0 Å². The summed E-state index contributed by atoms with van der Waals surface area (Å²) < 4.78 is 3.63. The molecule has 0 bridgehead atoms. The van der Waals surface area contributed by atoms with Gasteiger partial charge in [0.1, 0.15) is 4.88 Å². The molecule has 1 heterocycles. The Morgan fingerprint density at radius 1 is 1.57 bits per heavy atom. The van der Waals surface area contributed by atoms with Crippen LogP contribution in [0.1, 0.15) is 34.0 Å². The Hall–Kier alpha value is -1.43. The summed E-state index contributed by atoms with van der Waals surface area (Å²) in [7, 11) is 0. The van der Waals surface area contributed by atoms with Crippen LogP contribution in [-0.2, 0) is 0 Å². The maximum absolute atomic E-state index is 11.4. The van der Waals surface area contributed by atoms with Gasteiger partial charge in [-0.2, -0.15) is 4.37 Å². The van der Waals surface area contributed by atoms with Gasteiger partial charge in [0.2, 0.25) is 0 Å². The fourth-order valence-corrected chi connectivity index (χ4v) is 1.45. The summed E-state index contributed by atoms with van der Waals surface area (Å²) in [5, 5.41) is 11.2. The number of hydrogen-bond acceptors (Lipinski definition) is 4. The summed E-state index contributed by atoms with van der Waals surface area (Å²) in [4.78, 5) is 22.1. The zero-order chi connectivity index (χ0) is 10.7. The highest BCUT2D eigenvalue weighted by molar-refractivity contribution is 7.08. The van der Waals surface area contributed by atoms with Gasteiger partial charge in [0, 0.05) is 6.04 Å². The Labute approximate surface area is 84.9 Å². The minimum absolute atomic E-state index is 0.0258. The van der Waals surface area contributed by atoms with Gasteiger partial charge in [0.15, 0.2) is 5.69 Å². The van der Waals surface area contributed by atoms with Crippen LogP contribution in [0.2, 0.25) is 0 Å². The number of nitrogens with one attached hydrogen (secondary N) is 1. The first-order valence-corrected chi connectivity index (χ1v) is 4.79. The number of aromatic carboxylic acids is 1. The van der Waals surface area contributed by atoms with Gasteiger partial charge in [-0.1, -0.05) is 0 Å². The average molecular weight is 214 g/mol. The lowest BCUT2D eigenvalue weighted by molar-refractivity contribution is 0.0692. The summed E-state index contributed by atoms with van der Waals surface area (Å²) in [6.45, 7) is 3.66. The Morgan fingerprint density at radius 3 is 2.64 bits per heavy atom. The molecule has 1 rings (SSSR count). The topological polar surface area (TPSA) is 79.3 Å². The largest absolute Gasteiger partial charge is 0.476 e. The van der Waals surface area contributed by atoms with E-state index in [1.807, 2.05) is 13.8 Å². The van der Waals surface area contributed by atoms with Gasteiger partial charge in [0.25, 0.3) is 5.91 Å². The predicted octanol–water partition coefficient (Wildman–Crippen LogP) is 0.980. The molecule has 1 aromatic heterocycles. The lowest BCUT2D eigenvalue weighted by atomic mass is 10.3. The van der Waals surface area contributed by atoms with Gasteiger partial charge in [-0.3, -0.25) is 4.79 Å². The maximum Gasteiger partial charge on any atom is 0.355 e. The highest BCUT2D eigenvalue weighted by Crippen LogP contribution is 2.09. The van der Waals surface area contributed by atoms with Crippen molar-refractivity contribution in [1.82, 2.24) is 9.69 Å². The molecule has 2 N–H and O–H groups in total. The van der Waals surface area contributed by atoms with E-state index in [4.69, 9.17) is 5.11 Å². The van der Waals surface area contributed by atoms with E-state index in [-0.39, 0.29) is 17.6 Å². The first-order chi connectivity index (χ1) is 6.50. The van der Waals surface area contributed by atoms with Crippen molar-refractivity contribution in [3.63, 3.8) is 0 Å². The van der Waals surface area contributed by atoms with E-state index in [1.165, 1.54) is 6.07 Å². The SMILES string of the molecule is CC(C)NC(=O)c1cc(C(=O)O)ns1. The standard InChI is InChI=1S/C8H10N2O3S/c1-4(2)9-7(11)6-3-5(8(12)13)10-14-6/h3-4H,1-2H3,(H,9,11)(H,12,13). The van der Waals surface area contributed by atoms with Crippen molar-refractivity contribution in [2.45, 2.75) is 19.9 Å². The molecular weight excluding hydrogens is 204 g/mol. The number of carbonyl (C=O) groups excluding carboxylic acids is 1. The van der Waals surface area contributed by atoms with Crippen LogP contribution in [0, 0.1) is 0 Å². The summed E-state index contributed by atoms with van der Waals surface area (Å²) in [5.41, 5.74) is -0.0936. The molecular formula is C8H10N2O3S. The number of amides is 1. The Balaban J connectivity index is 2.76. The zero-order valence-corrected chi connectivity index (χ0v) is 8.59. The number of hydrogen-bond donors (Lipinski definition) is 2. The Morgan fingerprint density at radius 2 is 2.21 bits per heavy atom. The third kappa shape index (κ3) is 2.53. The molecule has 1 aromatic rings. The molecule has 0 aliphatic heterocycles. The maximum atomic E-state index is 11.4. The van der Waals surface area contributed by atoms with Crippen LogP contribution in [-0.4, -0.2) is 27.4 Å². The quantitative estimate of drug-likeness (QED) is 0.786. The molecule has 0 aromatic carbocycles. The second kappa shape index (κ2) is 4.19. The van der Waals surface area contributed by atoms with Crippen LogP contribution in [0.4, 0.5) is 0 Å². The second-order valence-electron chi connectivity index (χ2n) is 3.01.